The SMILES string of the molecule is CC=CCOCc1ccc(C#N)cc1. The van der Waals surface area contributed by atoms with E-state index in [4.69, 9.17) is 10.00 Å². The Hall–Kier alpha value is -1.59. The molecule has 0 amide bonds. The topological polar surface area (TPSA) is 33.0 Å². The number of nitrogens with zero attached hydrogens (tertiary/aromatic N) is 1. The van der Waals surface area contributed by atoms with Crippen molar-refractivity contribution >= 4 is 0 Å². The highest BCUT2D eigenvalue weighted by atomic mass is 16.5. The number of nitriles is 1. The third-order valence-electron chi connectivity index (χ3n) is 1.80. The number of rotatable bonds is 4. The number of allylic oxidation sites excluding steroid dienone is 1. The Bertz CT molecular complexity index is 332. The molecule has 0 N–H and O–H groups in total. The molecule has 0 atom stereocenters. The van der Waals surface area contributed by atoms with Gasteiger partial charge in [-0.1, -0.05) is 24.3 Å². The molecule has 0 unspecified atom stereocenters. The zero-order chi connectivity index (χ0) is 10.2. The summed E-state index contributed by atoms with van der Waals surface area (Å²) in [6.07, 6.45) is 3.92. The Labute approximate surface area is 84.4 Å². The lowest BCUT2D eigenvalue weighted by atomic mass is 10.2. The normalized spacial score (nSPS) is 10.3. The minimum absolute atomic E-state index is 0.593. The van der Waals surface area contributed by atoms with E-state index in [1.165, 1.54) is 0 Å². The van der Waals surface area contributed by atoms with E-state index in [2.05, 4.69) is 6.07 Å². The fraction of sp³-hybridized carbons (Fsp3) is 0.250. The van der Waals surface area contributed by atoms with E-state index in [9.17, 15) is 0 Å². The van der Waals surface area contributed by atoms with Crippen LogP contribution in [0.3, 0.4) is 0 Å². The molecule has 0 aliphatic heterocycles. The van der Waals surface area contributed by atoms with Crippen molar-refractivity contribution in [2.75, 3.05) is 6.61 Å². The Morgan fingerprint density at radius 1 is 1.36 bits per heavy atom. The second-order valence-electron chi connectivity index (χ2n) is 2.89. The maximum atomic E-state index is 8.58. The minimum Gasteiger partial charge on any atom is -0.373 e. The van der Waals surface area contributed by atoms with Gasteiger partial charge in [0.1, 0.15) is 0 Å². The molecule has 14 heavy (non-hydrogen) atoms. The first-order valence-corrected chi connectivity index (χ1v) is 4.54. The van der Waals surface area contributed by atoms with Gasteiger partial charge in [0.05, 0.1) is 24.8 Å². The van der Waals surface area contributed by atoms with E-state index in [0.29, 0.717) is 18.8 Å². The van der Waals surface area contributed by atoms with Crippen LogP contribution in [-0.2, 0) is 11.3 Å². The summed E-state index contributed by atoms with van der Waals surface area (Å²) in [5, 5.41) is 8.58. The summed E-state index contributed by atoms with van der Waals surface area (Å²) in [5.74, 6) is 0. The summed E-state index contributed by atoms with van der Waals surface area (Å²) in [6, 6.07) is 9.50. The third-order valence-corrected chi connectivity index (χ3v) is 1.80. The van der Waals surface area contributed by atoms with E-state index < -0.39 is 0 Å². The Morgan fingerprint density at radius 3 is 2.64 bits per heavy atom. The molecular formula is C12H13NO. The van der Waals surface area contributed by atoms with Crippen LogP contribution < -0.4 is 0 Å². The lowest BCUT2D eigenvalue weighted by molar-refractivity contribution is 0.148. The molecule has 0 saturated carbocycles. The standard InChI is InChI=1S/C12H13NO/c1-2-3-8-14-10-12-6-4-11(9-13)5-7-12/h2-7H,8,10H2,1H3. The van der Waals surface area contributed by atoms with Gasteiger partial charge in [-0.2, -0.15) is 5.26 Å². The summed E-state index contributed by atoms with van der Waals surface area (Å²) < 4.78 is 5.36. The summed E-state index contributed by atoms with van der Waals surface area (Å²) in [5.41, 5.74) is 1.77. The Balaban J connectivity index is 2.41. The molecule has 0 aromatic heterocycles. The smallest absolute Gasteiger partial charge is 0.0991 e. The largest absolute Gasteiger partial charge is 0.373 e. The maximum absolute atomic E-state index is 8.58. The zero-order valence-corrected chi connectivity index (χ0v) is 8.23. The molecule has 0 fully saturated rings. The summed E-state index contributed by atoms with van der Waals surface area (Å²) in [6.45, 7) is 3.19. The molecule has 0 heterocycles. The number of ether oxygens (including phenoxy) is 1. The average Bonchev–Trinajstić information content (AvgIpc) is 2.25. The van der Waals surface area contributed by atoms with Gasteiger partial charge in [0.15, 0.2) is 0 Å². The highest BCUT2D eigenvalue weighted by Gasteiger charge is 1.92. The van der Waals surface area contributed by atoms with Gasteiger partial charge >= 0.3 is 0 Å². The summed E-state index contributed by atoms with van der Waals surface area (Å²) >= 11 is 0. The molecule has 0 radical (unpaired) electrons. The number of hydrogen-bond acceptors (Lipinski definition) is 2. The molecule has 0 aliphatic rings. The molecule has 0 spiro atoms. The molecular weight excluding hydrogens is 174 g/mol. The summed E-state index contributed by atoms with van der Waals surface area (Å²) in [4.78, 5) is 0. The van der Waals surface area contributed by atoms with Gasteiger partial charge < -0.3 is 4.74 Å². The van der Waals surface area contributed by atoms with Crippen molar-refractivity contribution in [3.63, 3.8) is 0 Å². The second-order valence-corrected chi connectivity index (χ2v) is 2.89. The van der Waals surface area contributed by atoms with Crippen LogP contribution in [0.2, 0.25) is 0 Å². The van der Waals surface area contributed by atoms with Crippen LogP contribution in [0.4, 0.5) is 0 Å². The van der Waals surface area contributed by atoms with Crippen LogP contribution in [0.5, 0.6) is 0 Å². The van der Waals surface area contributed by atoms with E-state index in [1.54, 1.807) is 12.1 Å². The van der Waals surface area contributed by atoms with Crippen LogP contribution in [0, 0.1) is 11.3 Å². The zero-order valence-electron chi connectivity index (χ0n) is 8.23. The molecule has 1 rings (SSSR count). The van der Waals surface area contributed by atoms with Crippen molar-refractivity contribution in [2.45, 2.75) is 13.5 Å². The third kappa shape index (κ3) is 3.42. The monoisotopic (exact) mass is 187 g/mol. The molecule has 1 aromatic carbocycles. The van der Waals surface area contributed by atoms with Crippen molar-refractivity contribution in [1.29, 1.82) is 5.26 Å². The first-order valence-electron chi connectivity index (χ1n) is 4.54. The van der Waals surface area contributed by atoms with Gasteiger partial charge in [-0.05, 0) is 24.6 Å². The van der Waals surface area contributed by atoms with Crippen LogP contribution in [0.1, 0.15) is 18.1 Å². The van der Waals surface area contributed by atoms with Crippen molar-refractivity contribution in [1.82, 2.24) is 0 Å². The van der Waals surface area contributed by atoms with Gasteiger partial charge in [0, 0.05) is 0 Å². The second kappa shape index (κ2) is 5.95. The molecule has 0 bridgehead atoms. The molecule has 2 heteroatoms. The lowest BCUT2D eigenvalue weighted by Crippen LogP contribution is -1.92. The van der Waals surface area contributed by atoms with Gasteiger partial charge in [0.25, 0.3) is 0 Å². The fourth-order valence-corrected chi connectivity index (χ4v) is 1.02. The highest BCUT2D eigenvalue weighted by molar-refractivity contribution is 5.31. The quantitative estimate of drug-likeness (QED) is 0.536. The van der Waals surface area contributed by atoms with Gasteiger partial charge in [-0.25, -0.2) is 0 Å². The van der Waals surface area contributed by atoms with E-state index in [-0.39, 0.29) is 0 Å². The van der Waals surface area contributed by atoms with E-state index in [1.807, 2.05) is 31.2 Å². The predicted octanol–water partition coefficient (Wildman–Crippen LogP) is 2.65. The van der Waals surface area contributed by atoms with Crippen LogP contribution in [0.15, 0.2) is 36.4 Å². The van der Waals surface area contributed by atoms with Gasteiger partial charge in [-0.15, -0.1) is 0 Å². The van der Waals surface area contributed by atoms with Crippen LogP contribution >= 0.6 is 0 Å². The fourth-order valence-electron chi connectivity index (χ4n) is 1.02. The van der Waals surface area contributed by atoms with Crippen LogP contribution in [0.25, 0.3) is 0 Å². The van der Waals surface area contributed by atoms with Crippen molar-refractivity contribution in [3.8, 4) is 6.07 Å². The van der Waals surface area contributed by atoms with E-state index >= 15 is 0 Å². The lowest BCUT2D eigenvalue weighted by Gasteiger charge is -2.00. The molecule has 1 aromatic rings. The average molecular weight is 187 g/mol. The molecule has 2 nitrogen and oxygen atoms in total. The van der Waals surface area contributed by atoms with Crippen molar-refractivity contribution in [3.05, 3.63) is 47.5 Å². The number of benzene rings is 1. The minimum atomic E-state index is 0.593. The first-order chi connectivity index (χ1) is 6.86. The van der Waals surface area contributed by atoms with Gasteiger partial charge in [0.2, 0.25) is 0 Å². The predicted molar refractivity (Wildman–Crippen MR) is 55.6 cm³/mol. The first kappa shape index (κ1) is 10.5. The maximum Gasteiger partial charge on any atom is 0.0991 e. The summed E-state index contributed by atoms with van der Waals surface area (Å²) in [7, 11) is 0. The van der Waals surface area contributed by atoms with Crippen LogP contribution in [-0.4, -0.2) is 6.61 Å². The number of hydrogen-bond donors (Lipinski definition) is 0. The van der Waals surface area contributed by atoms with E-state index in [0.717, 1.165) is 5.56 Å². The molecule has 72 valence electrons. The molecule has 0 saturated heterocycles. The highest BCUT2D eigenvalue weighted by Crippen LogP contribution is 2.04. The van der Waals surface area contributed by atoms with Crippen molar-refractivity contribution < 1.29 is 4.74 Å². The van der Waals surface area contributed by atoms with Gasteiger partial charge in [-0.3, -0.25) is 0 Å². The van der Waals surface area contributed by atoms with Crippen molar-refractivity contribution in [2.24, 2.45) is 0 Å². The molecule has 0 aliphatic carbocycles. The Morgan fingerprint density at radius 2 is 2.07 bits per heavy atom. The Kier molecular flexibility index (Phi) is 4.46.